The molecule has 2 heterocycles. The highest BCUT2D eigenvalue weighted by atomic mass is 35.5. The minimum Gasteiger partial charge on any atom is -0.471 e. The first-order chi connectivity index (χ1) is 16.7. The molecule has 1 unspecified atom stereocenters. The third-order valence-electron chi connectivity index (χ3n) is 5.61. The molecule has 35 heavy (non-hydrogen) atoms. The van der Waals surface area contributed by atoms with Crippen molar-refractivity contribution in [1.82, 2.24) is 20.2 Å². The van der Waals surface area contributed by atoms with Gasteiger partial charge in [0.15, 0.2) is 5.02 Å². The number of nitrogens with zero attached hydrogens (tertiary/aromatic N) is 2. The first-order valence-electron chi connectivity index (χ1n) is 10.7. The highest BCUT2D eigenvalue weighted by Gasteiger charge is 2.26. The van der Waals surface area contributed by atoms with Crippen molar-refractivity contribution >= 4 is 23.4 Å². The number of hydrogen-bond acceptors (Lipinski definition) is 5. The molecular formula is C24H21ClF2N4O4. The molecule has 1 saturated heterocycles. The maximum atomic E-state index is 13.9. The number of amides is 2. The minimum absolute atomic E-state index is 0.0663. The van der Waals surface area contributed by atoms with Crippen molar-refractivity contribution in [2.45, 2.75) is 32.9 Å². The molecule has 2 N–H and O–H groups in total. The molecule has 1 aliphatic heterocycles. The van der Waals surface area contributed by atoms with Crippen LogP contribution >= 0.6 is 11.6 Å². The smallest absolute Gasteiger partial charge is 0.280 e. The average Bonchev–Trinajstić information content (AvgIpc) is 3.21. The standard InChI is InChI=1S/C24H21ClF2N4O4/c1-12-3-4-14(21(32)30-18-7-8-28-22(18)33)9-19(12)31-13(2)29-23(20(25)24(31)34)35-11-15-5-6-16(26)10-17(15)27/h3-6,9-10,18H,7-8,11H2,1-2H3,(H,28,33)(H,30,32). The molecule has 11 heteroatoms. The molecule has 0 saturated carbocycles. The van der Waals surface area contributed by atoms with E-state index in [9.17, 15) is 23.2 Å². The zero-order chi connectivity index (χ0) is 25.3. The van der Waals surface area contributed by atoms with E-state index in [0.29, 0.717) is 24.2 Å². The van der Waals surface area contributed by atoms with Gasteiger partial charge in [-0.15, -0.1) is 0 Å². The van der Waals surface area contributed by atoms with Crippen LogP contribution in [-0.2, 0) is 11.4 Å². The lowest BCUT2D eigenvalue weighted by Gasteiger charge is -2.16. The second-order valence-corrected chi connectivity index (χ2v) is 8.43. The number of carbonyl (C=O) groups excluding carboxylic acids is 2. The molecule has 8 nitrogen and oxygen atoms in total. The maximum Gasteiger partial charge on any atom is 0.280 e. The summed E-state index contributed by atoms with van der Waals surface area (Å²) in [5.74, 6) is -2.22. The summed E-state index contributed by atoms with van der Waals surface area (Å²) in [7, 11) is 0. The van der Waals surface area contributed by atoms with E-state index in [4.69, 9.17) is 16.3 Å². The number of rotatable bonds is 6. The van der Waals surface area contributed by atoms with Gasteiger partial charge in [-0.1, -0.05) is 17.7 Å². The van der Waals surface area contributed by atoms with E-state index in [2.05, 4.69) is 15.6 Å². The lowest BCUT2D eigenvalue weighted by Crippen LogP contribution is -2.40. The summed E-state index contributed by atoms with van der Waals surface area (Å²) in [5.41, 5.74) is 0.716. The number of aryl methyl sites for hydroxylation is 2. The highest BCUT2D eigenvalue weighted by molar-refractivity contribution is 6.31. The minimum atomic E-state index is -0.799. The normalized spacial score (nSPS) is 15.1. The maximum absolute atomic E-state index is 13.9. The Morgan fingerprint density at radius 3 is 2.69 bits per heavy atom. The average molecular weight is 503 g/mol. The van der Waals surface area contributed by atoms with Gasteiger partial charge in [0, 0.05) is 23.7 Å². The number of halogens is 3. The SMILES string of the molecule is Cc1ccc(C(=O)NC2CCNC2=O)cc1-n1c(C)nc(OCc2ccc(F)cc2F)c(Cl)c1=O. The molecule has 1 aliphatic rings. The van der Waals surface area contributed by atoms with Gasteiger partial charge < -0.3 is 15.4 Å². The number of ether oxygens (including phenoxy) is 1. The van der Waals surface area contributed by atoms with Crippen LogP contribution in [0.15, 0.2) is 41.2 Å². The summed E-state index contributed by atoms with van der Waals surface area (Å²) in [5, 5.41) is 5.00. The number of carbonyl (C=O) groups is 2. The van der Waals surface area contributed by atoms with E-state index >= 15 is 0 Å². The summed E-state index contributed by atoms with van der Waals surface area (Å²) < 4.78 is 33.7. The fraction of sp³-hybridized carbons (Fsp3) is 0.250. The predicted octanol–water partition coefficient (Wildman–Crippen LogP) is 2.98. The number of benzene rings is 2. The lowest BCUT2D eigenvalue weighted by atomic mass is 10.1. The van der Waals surface area contributed by atoms with Gasteiger partial charge >= 0.3 is 0 Å². The summed E-state index contributed by atoms with van der Waals surface area (Å²) in [6, 6.07) is 7.19. The molecule has 0 spiro atoms. The zero-order valence-electron chi connectivity index (χ0n) is 18.8. The Bertz CT molecular complexity index is 1390. The molecule has 1 atom stereocenters. The van der Waals surface area contributed by atoms with Gasteiger partial charge in [0.25, 0.3) is 11.5 Å². The van der Waals surface area contributed by atoms with Crippen LogP contribution in [0.2, 0.25) is 5.02 Å². The van der Waals surface area contributed by atoms with Gasteiger partial charge in [0.05, 0.1) is 5.69 Å². The monoisotopic (exact) mass is 502 g/mol. The van der Waals surface area contributed by atoms with Crippen LogP contribution < -0.4 is 20.9 Å². The molecule has 182 valence electrons. The van der Waals surface area contributed by atoms with Gasteiger partial charge in [-0.05, 0) is 50.1 Å². The van der Waals surface area contributed by atoms with E-state index in [1.165, 1.54) is 16.7 Å². The Labute approximate surface area is 203 Å². The van der Waals surface area contributed by atoms with Crippen molar-refractivity contribution in [3.63, 3.8) is 0 Å². The molecule has 3 aromatic rings. The van der Waals surface area contributed by atoms with Crippen LogP contribution in [0.4, 0.5) is 8.78 Å². The van der Waals surface area contributed by atoms with Crippen molar-refractivity contribution in [2.24, 2.45) is 0 Å². The van der Waals surface area contributed by atoms with Gasteiger partial charge in [-0.3, -0.25) is 19.0 Å². The topological polar surface area (TPSA) is 102 Å². The Balaban J connectivity index is 1.63. The van der Waals surface area contributed by atoms with E-state index in [1.807, 2.05) is 0 Å². The van der Waals surface area contributed by atoms with Crippen LogP contribution in [0.25, 0.3) is 5.69 Å². The van der Waals surface area contributed by atoms with Gasteiger partial charge in [0.1, 0.15) is 30.1 Å². The van der Waals surface area contributed by atoms with Crippen molar-refractivity contribution in [3.05, 3.63) is 85.9 Å². The van der Waals surface area contributed by atoms with Crippen molar-refractivity contribution < 1.29 is 23.1 Å². The van der Waals surface area contributed by atoms with Crippen molar-refractivity contribution in [1.29, 1.82) is 0 Å². The van der Waals surface area contributed by atoms with Crippen molar-refractivity contribution in [3.8, 4) is 11.6 Å². The van der Waals surface area contributed by atoms with E-state index < -0.39 is 29.1 Å². The van der Waals surface area contributed by atoms with E-state index in [0.717, 1.165) is 12.1 Å². The molecular weight excluding hydrogens is 482 g/mol. The van der Waals surface area contributed by atoms with Gasteiger partial charge in [-0.2, -0.15) is 4.98 Å². The summed E-state index contributed by atoms with van der Waals surface area (Å²) in [6.07, 6.45) is 0.491. The Morgan fingerprint density at radius 1 is 1.23 bits per heavy atom. The second kappa shape index (κ2) is 9.83. The zero-order valence-corrected chi connectivity index (χ0v) is 19.6. The summed E-state index contributed by atoms with van der Waals surface area (Å²) >= 11 is 6.24. The third kappa shape index (κ3) is 5.02. The predicted molar refractivity (Wildman–Crippen MR) is 124 cm³/mol. The number of aromatic nitrogens is 2. The summed E-state index contributed by atoms with van der Waals surface area (Å²) in [4.78, 5) is 41.8. The first kappa shape index (κ1) is 24.3. The molecule has 2 amide bonds. The van der Waals surface area contributed by atoms with Gasteiger partial charge in [0.2, 0.25) is 11.8 Å². The number of nitrogens with one attached hydrogen (secondary N) is 2. The van der Waals surface area contributed by atoms with Crippen LogP contribution in [0, 0.1) is 25.5 Å². The van der Waals surface area contributed by atoms with Crippen LogP contribution in [0.3, 0.4) is 0 Å². The molecule has 1 fully saturated rings. The molecule has 4 rings (SSSR count). The molecule has 2 aromatic carbocycles. The second-order valence-electron chi connectivity index (χ2n) is 8.05. The highest BCUT2D eigenvalue weighted by Crippen LogP contribution is 2.23. The Morgan fingerprint density at radius 2 is 2.00 bits per heavy atom. The quantitative estimate of drug-likeness (QED) is 0.539. The van der Waals surface area contributed by atoms with E-state index in [1.54, 1.807) is 26.0 Å². The Kier molecular flexibility index (Phi) is 6.83. The van der Waals surface area contributed by atoms with Crippen LogP contribution in [0.1, 0.15) is 33.7 Å². The van der Waals surface area contributed by atoms with Gasteiger partial charge in [-0.25, -0.2) is 8.78 Å². The molecule has 0 bridgehead atoms. The molecule has 0 radical (unpaired) electrons. The fourth-order valence-corrected chi connectivity index (χ4v) is 3.89. The Hall–Kier alpha value is -3.79. The number of hydrogen-bond donors (Lipinski definition) is 2. The summed E-state index contributed by atoms with van der Waals surface area (Å²) in [6.45, 7) is 3.48. The third-order valence-corrected chi connectivity index (χ3v) is 5.93. The van der Waals surface area contributed by atoms with E-state index in [-0.39, 0.29) is 40.4 Å². The van der Waals surface area contributed by atoms with Crippen LogP contribution in [-0.4, -0.2) is 34.0 Å². The first-order valence-corrected chi connectivity index (χ1v) is 11.1. The lowest BCUT2D eigenvalue weighted by molar-refractivity contribution is -0.120. The van der Waals surface area contributed by atoms with Crippen LogP contribution in [0.5, 0.6) is 5.88 Å². The molecule has 1 aromatic heterocycles. The van der Waals surface area contributed by atoms with Crippen molar-refractivity contribution in [2.75, 3.05) is 6.54 Å². The largest absolute Gasteiger partial charge is 0.471 e. The fourth-order valence-electron chi connectivity index (χ4n) is 3.71. The molecule has 0 aliphatic carbocycles.